The van der Waals surface area contributed by atoms with E-state index >= 15 is 0 Å². The van der Waals surface area contributed by atoms with Crippen LogP contribution < -0.4 is 14.5 Å². The highest BCUT2D eigenvalue weighted by Gasteiger charge is 2.28. The highest BCUT2D eigenvalue weighted by atomic mass is 35.5. The van der Waals surface area contributed by atoms with E-state index in [9.17, 15) is 0 Å². The van der Waals surface area contributed by atoms with E-state index in [0.717, 1.165) is 31.2 Å². The smallest absolute Gasteiger partial charge is 0.141 e. The monoisotopic (exact) mass is 466 g/mol. The van der Waals surface area contributed by atoms with Crippen LogP contribution in [-0.2, 0) is 12.8 Å². The Morgan fingerprint density at radius 3 is 2.73 bits per heavy atom. The number of hydrogen-bond donors (Lipinski definition) is 0. The molecule has 1 aliphatic carbocycles. The van der Waals surface area contributed by atoms with Gasteiger partial charge in [0.25, 0.3) is 0 Å². The van der Waals surface area contributed by atoms with Gasteiger partial charge in [-0.15, -0.1) is 36.2 Å². The third kappa shape index (κ3) is 4.05. The highest BCUT2D eigenvalue weighted by Crippen LogP contribution is 2.39. The van der Waals surface area contributed by atoms with Gasteiger partial charge in [-0.2, -0.15) is 0 Å². The van der Waals surface area contributed by atoms with Crippen molar-refractivity contribution in [1.82, 2.24) is 9.97 Å². The Bertz CT molecular complexity index is 1010. The molecule has 1 aromatic carbocycles. The Balaban J connectivity index is 0.00000128. The summed E-state index contributed by atoms with van der Waals surface area (Å²) in [5.74, 6) is 2.05. The predicted molar refractivity (Wildman–Crippen MR) is 131 cm³/mol. The predicted octanol–water partition coefficient (Wildman–Crippen LogP) is 5.14. The van der Waals surface area contributed by atoms with Crippen LogP contribution >= 0.6 is 36.2 Å². The molecule has 1 atom stereocenters. The molecule has 0 spiro atoms. The molecule has 0 bridgehead atoms. The van der Waals surface area contributed by atoms with Crippen LogP contribution in [0.2, 0.25) is 0 Å². The molecule has 8 heteroatoms. The lowest BCUT2D eigenvalue weighted by Crippen LogP contribution is -2.52. The molecule has 5 nitrogen and oxygen atoms in total. The van der Waals surface area contributed by atoms with Gasteiger partial charge >= 0.3 is 0 Å². The van der Waals surface area contributed by atoms with Crippen molar-refractivity contribution in [3.63, 3.8) is 0 Å². The van der Waals surface area contributed by atoms with E-state index < -0.39 is 0 Å². The molecule has 0 radical (unpaired) electrons. The first kappa shape index (κ1) is 22.9. The summed E-state index contributed by atoms with van der Waals surface area (Å²) in [6, 6.07) is 8.78. The molecule has 5 rings (SSSR count). The van der Waals surface area contributed by atoms with Gasteiger partial charge in [0.1, 0.15) is 22.7 Å². The number of halogens is 2. The maximum atomic E-state index is 5.41. The van der Waals surface area contributed by atoms with Crippen LogP contribution in [-0.4, -0.2) is 42.8 Å². The topological polar surface area (TPSA) is 41.5 Å². The zero-order chi connectivity index (χ0) is 19.1. The van der Waals surface area contributed by atoms with Gasteiger partial charge in [-0.1, -0.05) is 6.07 Å². The minimum atomic E-state index is 0. The molecule has 0 saturated carbocycles. The second-order valence-corrected chi connectivity index (χ2v) is 8.86. The van der Waals surface area contributed by atoms with E-state index in [1.165, 1.54) is 52.0 Å². The first-order valence-electron chi connectivity index (χ1n) is 10.2. The van der Waals surface area contributed by atoms with Crippen LogP contribution in [0.1, 0.15) is 30.2 Å². The number of methoxy groups -OCH3 is 1. The lowest BCUT2D eigenvalue weighted by atomic mass is 9.96. The maximum Gasteiger partial charge on any atom is 0.141 e. The summed E-state index contributed by atoms with van der Waals surface area (Å²) in [4.78, 5) is 17.0. The van der Waals surface area contributed by atoms with Crippen molar-refractivity contribution in [1.29, 1.82) is 0 Å². The average Bonchev–Trinajstić information content (AvgIpc) is 3.12. The van der Waals surface area contributed by atoms with Crippen LogP contribution in [0.25, 0.3) is 10.2 Å². The summed E-state index contributed by atoms with van der Waals surface area (Å²) in [7, 11) is 1.72. The fourth-order valence-corrected chi connectivity index (χ4v) is 5.86. The number of piperazine rings is 1. The molecule has 162 valence electrons. The Labute approximate surface area is 194 Å². The number of aryl methyl sites for hydroxylation is 2. The second-order valence-electron chi connectivity index (χ2n) is 7.78. The largest absolute Gasteiger partial charge is 0.497 e. The Kier molecular flexibility index (Phi) is 7.32. The van der Waals surface area contributed by atoms with Gasteiger partial charge in [-0.3, -0.25) is 0 Å². The van der Waals surface area contributed by atoms with Crippen LogP contribution in [0.15, 0.2) is 30.6 Å². The molecular formula is C22H28Cl2N4OS. The van der Waals surface area contributed by atoms with Crippen molar-refractivity contribution >= 4 is 57.9 Å². The molecule has 1 saturated heterocycles. The molecule has 1 fully saturated rings. The third-order valence-corrected chi connectivity index (χ3v) is 7.24. The number of ether oxygens (including phenoxy) is 1. The molecule has 2 aromatic heterocycles. The van der Waals surface area contributed by atoms with Gasteiger partial charge < -0.3 is 14.5 Å². The van der Waals surface area contributed by atoms with Crippen molar-refractivity contribution in [2.75, 3.05) is 36.5 Å². The zero-order valence-corrected chi connectivity index (χ0v) is 19.8. The molecule has 0 N–H and O–H groups in total. The van der Waals surface area contributed by atoms with Crippen molar-refractivity contribution in [2.24, 2.45) is 0 Å². The van der Waals surface area contributed by atoms with E-state index in [1.807, 2.05) is 17.4 Å². The van der Waals surface area contributed by atoms with Gasteiger partial charge in [0.05, 0.1) is 12.5 Å². The van der Waals surface area contributed by atoms with Crippen molar-refractivity contribution in [3.8, 4) is 5.75 Å². The lowest BCUT2D eigenvalue weighted by molar-refractivity contribution is 0.414. The average molecular weight is 467 g/mol. The van der Waals surface area contributed by atoms with Crippen molar-refractivity contribution in [2.45, 2.75) is 38.6 Å². The molecule has 1 unspecified atom stereocenters. The lowest BCUT2D eigenvalue weighted by Gasteiger charge is -2.42. The number of rotatable bonds is 3. The van der Waals surface area contributed by atoms with Crippen molar-refractivity contribution < 1.29 is 4.74 Å². The summed E-state index contributed by atoms with van der Waals surface area (Å²) in [6.45, 7) is 5.21. The summed E-state index contributed by atoms with van der Waals surface area (Å²) in [5, 5.41) is 1.32. The number of anilines is 2. The van der Waals surface area contributed by atoms with Gasteiger partial charge in [-0.05, 0) is 50.3 Å². The SMILES string of the molecule is COc1cccc(N2CCN(c3ncnc4sc5c(c34)CCCC5)CC2C)c1.Cl.Cl. The number of thiophene rings is 1. The van der Waals surface area contributed by atoms with E-state index in [0.29, 0.717) is 6.04 Å². The number of hydrogen-bond acceptors (Lipinski definition) is 6. The van der Waals surface area contributed by atoms with Crippen LogP contribution in [0.3, 0.4) is 0 Å². The molecular weight excluding hydrogens is 439 g/mol. The fourth-order valence-electron chi connectivity index (χ4n) is 4.64. The molecule has 1 aliphatic heterocycles. The summed E-state index contributed by atoms with van der Waals surface area (Å²) in [5.41, 5.74) is 2.75. The first-order valence-corrected chi connectivity index (χ1v) is 11.0. The first-order chi connectivity index (χ1) is 13.7. The highest BCUT2D eigenvalue weighted by molar-refractivity contribution is 7.19. The number of aromatic nitrogens is 2. The molecule has 2 aliphatic rings. The number of benzene rings is 1. The Hall–Kier alpha value is -1.76. The summed E-state index contributed by atoms with van der Waals surface area (Å²) >= 11 is 1.88. The quantitative estimate of drug-likeness (QED) is 0.534. The van der Waals surface area contributed by atoms with Gasteiger partial charge in [-0.25, -0.2) is 9.97 Å². The molecule has 3 heterocycles. The van der Waals surface area contributed by atoms with E-state index in [1.54, 1.807) is 13.4 Å². The third-order valence-electron chi connectivity index (χ3n) is 6.04. The minimum Gasteiger partial charge on any atom is -0.497 e. The second kappa shape index (κ2) is 9.58. The number of fused-ring (bicyclic) bond motifs is 3. The van der Waals surface area contributed by atoms with Crippen LogP contribution in [0.4, 0.5) is 11.5 Å². The van der Waals surface area contributed by atoms with Gasteiger partial charge in [0.15, 0.2) is 0 Å². The van der Waals surface area contributed by atoms with E-state index in [2.05, 4.69) is 39.9 Å². The van der Waals surface area contributed by atoms with Crippen LogP contribution in [0.5, 0.6) is 5.75 Å². The minimum absolute atomic E-state index is 0. The summed E-state index contributed by atoms with van der Waals surface area (Å²) in [6.07, 6.45) is 6.72. The summed E-state index contributed by atoms with van der Waals surface area (Å²) < 4.78 is 5.41. The van der Waals surface area contributed by atoms with Gasteiger partial charge in [0.2, 0.25) is 0 Å². The molecule has 3 aromatic rings. The standard InChI is InChI=1S/C22H26N4OS.2ClH/c1-15-13-25(10-11-26(15)16-6-5-7-17(12-16)27-2)21-20-18-8-3-4-9-19(18)28-22(20)24-14-23-21;;/h5-7,12,14-15H,3-4,8-11,13H2,1-2H3;2*1H. The Morgan fingerprint density at radius 2 is 1.93 bits per heavy atom. The normalized spacial score (nSPS) is 18.4. The zero-order valence-electron chi connectivity index (χ0n) is 17.3. The van der Waals surface area contributed by atoms with E-state index in [4.69, 9.17) is 9.72 Å². The molecule has 30 heavy (non-hydrogen) atoms. The fraction of sp³-hybridized carbons (Fsp3) is 0.455. The van der Waals surface area contributed by atoms with E-state index in [-0.39, 0.29) is 24.8 Å². The maximum absolute atomic E-state index is 5.41. The molecule has 0 amide bonds. The Morgan fingerprint density at radius 1 is 1.10 bits per heavy atom. The number of nitrogens with zero attached hydrogens (tertiary/aromatic N) is 4. The van der Waals surface area contributed by atoms with Gasteiger partial charge in [0, 0.05) is 42.3 Å². The van der Waals surface area contributed by atoms with Crippen LogP contribution in [0, 0.1) is 0 Å². The van der Waals surface area contributed by atoms with Crippen molar-refractivity contribution in [3.05, 3.63) is 41.0 Å².